The van der Waals surface area contributed by atoms with E-state index < -0.39 is 6.10 Å². The van der Waals surface area contributed by atoms with Crippen molar-refractivity contribution in [1.29, 1.82) is 0 Å². The highest BCUT2D eigenvalue weighted by Crippen LogP contribution is 2.24. The lowest BCUT2D eigenvalue weighted by Crippen LogP contribution is -2.44. The highest BCUT2D eigenvalue weighted by Gasteiger charge is 2.29. The van der Waals surface area contributed by atoms with E-state index in [4.69, 9.17) is 13.9 Å². The molecule has 128 valence electrons. The molecule has 1 aliphatic heterocycles. The lowest BCUT2D eigenvalue weighted by Gasteiger charge is -2.31. The second-order valence-corrected chi connectivity index (χ2v) is 5.40. The number of pyridine rings is 1. The van der Waals surface area contributed by atoms with E-state index >= 15 is 0 Å². The third-order valence-corrected chi connectivity index (χ3v) is 3.61. The zero-order chi connectivity index (χ0) is 17.1. The summed E-state index contributed by atoms with van der Waals surface area (Å²) in [4.78, 5) is 18.5. The van der Waals surface area contributed by atoms with Crippen LogP contribution in [0.4, 0.5) is 10.6 Å². The fourth-order valence-electron chi connectivity index (χ4n) is 2.40. The van der Waals surface area contributed by atoms with Gasteiger partial charge in [0.2, 0.25) is 11.8 Å². The van der Waals surface area contributed by atoms with Crippen LogP contribution in [0.3, 0.4) is 0 Å². The standard InChI is InChI=1S/C15H19N5O4/c1-9-4-5-11(22-3)13(16-9)17-15(21)20-6-7-23-12(8-20)14-19-18-10(2)24-14/h4-5,12H,6-8H2,1-3H3,(H,16,17,21)/t12-/m1/s1. The van der Waals surface area contributed by atoms with Crippen LogP contribution in [0, 0.1) is 13.8 Å². The Balaban J connectivity index is 1.70. The lowest BCUT2D eigenvalue weighted by molar-refractivity contribution is -0.0274. The van der Waals surface area contributed by atoms with Crippen LogP contribution in [0.1, 0.15) is 23.6 Å². The number of rotatable bonds is 3. The molecule has 2 aromatic heterocycles. The zero-order valence-corrected chi connectivity index (χ0v) is 13.8. The van der Waals surface area contributed by atoms with Crippen molar-refractivity contribution in [2.45, 2.75) is 20.0 Å². The van der Waals surface area contributed by atoms with E-state index in [0.717, 1.165) is 5.69 Å². The summed E-state index contributed by atoms with van der Waals surface area (Å²) in [5.41, 5.74) is 0.785. The molecule has 1 saturated heterocycles. The van der Waals surface area contributed by atoms with Crippen molar-refractivity contribution in [2.24, 2.45) is 0 Å². The summed E-state index contributed by atoms with van der Waals surface area (Å²) in [5, 5.41) is 10.5. The first-order valence-electron chi connectivity index (χ1n) is 7.56. The minimum absolute atomic E-state index is 0.282. The quantitative estimate of drug-likeness (QED) is 0.911. The molecule has 0 radical (unpaired) electrons. The van der Waals surface area contributed by atoms with E-state index in [0.29, 0.717) is 43.0 Å². The fourth-order valence-corrected chi connectivity index (χ4v) is 2.40. The number of carbonyl (C=O) groups excluding carboxylic acids is 1. The Labute approximate surface area is 139 Å². The Morgan fingerprint density at radius 2 is 2.21 bits per heavy atom. The number of aryl methyl sites for hydroxylation is 2. The van der Waals surface area contributed by atoms with Gasteiger partial charge >= 0.3 is 6.03 Å². The molecule has 0 aromatic carbocycles. The number of methoxy groups -OCH3 is 1. The maximum absolute atomic E-state index is 12.5. The topological polar surface area (TPSA) is 103 Å². The van der Waals surface area contributed by atoms with Crippen molar-refractivity contribution in [3.8, 4) is 5.75 Å². The van der Waals surface area contributed by atoms with E-state index in [1.54, 1.807) is 17.9 Å². The Morgan fingerprint density at radius 3 is 2.92 bits per heavy atom. The molecule has 1 fully saturated rings. The van der Waals surface area contributed by atoms with Crippen molar-refractivity contribution < 1.29 is 18.7 Å². The lowest BCUT2D eigenvalue weighted by atomic mass is 10.3. The van der Waals surface area contributed by atoms with Crippen molar-refractivity contribution >= 4 is 11.8 Å². The van der Waals surface area contributed by atoms with Gasteiger partial charge in [0.15, 0.2) is 17.7 Å². The Kier molecular flexibility index (Phi) is 4.61. The number of ether oxygens (including phenoxy) is 2. The van der Waals surface area contributed by atoms with Crippen LogP contribution < -0.4 is 10.1 Å². The molecule has 0 aliphatic carbocycles. The van der Waals surface area contributed by atoms with Crippen LogP contribution in [0.25, 0.3) is 0 Å². The molecule has 0 saturated carbocycles. The first kappa shape index (κ1) is 16.2. The second kappa shape index (κ2) is 6.83. The second-order valence-electron chi connectivity index (χ2n) is 5.40. The number of nitrogens with one attached hydrogen (secondary N) is 1. The minimum atomic E-state index is -0.432. The average molecular weight is 333 g/mol. The maximum atomic E-state index is 12.5. The normalized spacial score (nSPS) is 17.6. The van der Waals surface area contributed by atoms with Gasteiger partial charge < -0.3 is 18.8 Å². The molecule has 24 heavy (non-hydrogen) atoms. The van der Waals surface area contributed by atoms with Gasteiger partial charge in [0.05, 0.1) is 20.3 Å². The molecule has 1 N–H and O–H groups in total. The minimum Gasteiger partial charge on any atom is -0.493 e. The van der Waals surface area contributed by atoms with Crippen molar-refractivity contribution in [3.63, 3.8) is 0 Å². The smallest absolute Gasteiger partial charge is 0.323 e. The fraction of sp³-hybridized carbons (Fsp3) is 0.467. The number of urea groups is 1. The monoisotopic (exact) mass is 333 g/mol. The van der Waals surface area contributed by atoms with Crippen LogP contribution in [0.5, 0.6) is 5.75 Å². The molecule has 0 bridgehead atoms. The summed E-state index contributed by atoms with van der Waals surface area (Å²) in [6.45, 7) is 4.72. The van der Waals surface area contributed by atoms with Crippen molar-refractivity contribution in [1.82, 2.24) is 20.1 Å². The maximum Gasteiger partial charge on any atom is 0.323 e. The molecule has 0 spiro atoms. The molecule has 3 rings (SSSR count). The number of nitrogens with zero attached hydrogens (tertiary/aromatic N) is 4. The number of carbonyl (C=O) groups is 1. The Hall–Kier alpha value is -2.68. The van der Waals surface area contributed by atoms with Crippen LogP contribution in [0.15, 0.2) is 16.5 Å². The van der Waals surface area contributed by atoms with Crippen LogP contribution in [0.2, 0.25) is 0 Å². The number of aromatic nitrogens is 3. The van der Waals surface area contributed by atoms with Crippen molar-refractivity contribution in [2.75, 3.05) is 32.1 Å². The zero-order valence-electron chi connectivity index (χ0n) is 13.8. The van der Waals surface area contributed by atoms with E-state index in [2.05, 4.69) is 20.5 Å². The third kappa shape index (κ3) is 3.46. The van der Waals surface area contributed by atoms with Gasteiger partial charge in [0.25, 0.3) is 0 Å². The van der Waals surface area contributed by atoms with E-state index in [1.807, 2.05) is 13.0 Å². The number of morpholine rings is 1. The molecule has 2 aromatic rings. The average Bonchev–Trinajstić information content (AvgIpc) is 3.02. The molecule has 1 atom stereocenters. The predicted molar refractivity (Wildman–Crippen MR) is 83.8 cm³/mol. The number of hydrogen-bond acceptors (Lipinski definition) is 7. The summed E-state index contributed by atoms with van der Waals surface area (Å²) in [5.74, 6) is 1.73. The first-order valence-corrected chi connectivity index (χ1v) is 7.56. The molecule has 2 amide bonds. The molecule has 0 unspecified atom stereocenters. The summed E-state index contributed by atoms with van der Waals surface area (Å²) in [6.07, 6.45) is -0.432. The molecule has 1 aliphatic rings. The van der Waals surface area contributed by atoms with E-state index in [9.17, 15) is 4.79 Å². The molecule has 9 nitrogen and oxygen atoms in total. The molecule has 3 heterocycles. The first-order chi connectivity index (χ1) is 11.6. The van der Waals surface area contributed by atoms with Gasteiger partial charge in [0, 0.05) is 19.2 Å². The molecular formula is C15H19N5O4. The van der Waals surface area contributed by atoms with E-state index in [-0.39, 0.29) is 6.03 Å². The van der Waals surface area contributed by atoms with Gasteiger partial charge in [-0.25, -0.2) is 9.78 Å². The largest absolute Gasteiger partial charge is 0.493 e. The van der Waals surface area contributed by atoms with Gasteiger partial charge in [-0.15, -0.1) is 10.2 Å². The number of amides is 2. The highest BCUT2D eigenvalue weighted by molar-refractivity contribution is 5.89. The highest BCUT2D eigenvalue weighted by atomic mass is 16.5. The van der Waals surface area contributed by atoms with Crippen LogP contribution >= 0.6 is 0 Å². The van der Waals surface area contributed by atoms with Gasteiger partial charge in [-0.05, 0) is 19.1 Å². The SMILES string of the molecule is COc1ccc(C)nc1NC(=O)N1CCO[C@@H](c2nnc(C)o2)C1. The van der Waals surface area contributed by atoms with Crippen LogP contribution in [-0.4, -0.2) is 52.9 Å². The van der Waals surface area contributed by atoms with Crippen molar-refractivity contribution in [3.05, 3.63) is 29.6 Å². The van der Waals surface area contributed by atoms with Gasteiger partial charge in [0.1, 0.15) is 0 Å². The van der Waals surface area contributed by atoms with Gasteiger partial charge in [-0.3, -0.25) is 5.32 Å². The number of hydrogen-bond donors (Lipinski definition) is 1. The molecule has 9 heteroatoms. The van der Waals surface area contributed by atoms with E-state index in [1.165, 1.54) is 7.11 Å². The Morgan fingerprint density at radius 1 is 1.38 bits per heavy atom. The summed E-state index contributed by atoms with van der Waals surface area (Å²) < 4.78 is 16.2. The summed E-state index contributed by atoms with van der Waals surface area (Å²) >= 11 is 0. The molecular weight excluding hydrogens is 314 g/mol. The van der Waals surface area contributed by atoms with Crippen LogP contribution in [-0.2, 0) is 4.74 Å². The Bertz CT molecular complexity index is 732. The number of anilines is 1. The predicted octanol–water partition coefficient (Wildman–Crippen LogP) is 1.70. The van der Waals surface area contributed by atoms with Gasteiger partial charge in [-0.2, -0.15) is 0 Å². The summed E-state index contributed by atoms with van der Waals surface area (Å²) in [6, 6.07) is 3.30. The third-order valence-electron chi connectivity index (χ3n) is 3.61. The summed E-state index contributed by atoms with van der Waals surface area (Å²) in [7, 11) is 1.53. The van der Waals surface area contributed by atoms with Gasteiger partial charge in [-0.1, -0.05) is 0 Å².